The molecule has 3 aromatic rings. The minimum Gasteiger partial charge on any atom is -0.433 e. The second-order valence-corrected chi connectivity index (χ2v) is 4.97. The number of aromatic nitrogens is 3. The Bertz CT molecular complexity index is 858. The zero-order valence-corrected chi connectivity index (χ0v) is 12.7. The number of para-hydroxylation sites is 1. The topological polar surface area (TPSA) is 59.9 Å². The number of benzene rings is 1. The Hall–Kier alpha value is -2.97. The molecule has 3 rings (SSSR count). The molecule has 0 aliphatic rings. The van der Waals surface area contributed by atoms with Crippen LogP contribution in [0.4, 0.5) is 23.4 Å². The summed E-state index contributed by atoms with van der Waals surface area (Å²) in [6, 6.07) is 9.59. The van der Waals surface area contributed by atoms with Crippen molar-refractivity contribution >= 4 is 16.7 Å². The van der Waals surface area contributed by atoms with E-state index in [1.165, 1.54) is 12.1 Å². The van der Waals surface area contributed by atoms with Crippen LogP contribution in [0.1, 0.15) is 17.9 Å². The van der Waals surface area contributed by atoms with Gasteiger partial charge in [-0.3, -0.25) is 4.98 Å². The standard InChI is InChI=1S/C16H12F4N4O/c17-13(18)15-23-12-4-2-1-3-11(12)14(24-15)22-7-9-5-6-10(8-21-9)25-16(19)20/h1-6,8,13,16H,7H2,(H,22,23,24). The van der Waals surface area contributed by atoms with Gasteiger partial charge in [-0.15, -0.1) is 0 Å². The second kappa shape index (κ2) is 7.29. The fourth-order valence-electron chi connectivity index (χ4n) is 2.19. The summed E-state index contributed by atoms with van der Waals surface area (Å²) in [6.45, 7) is -2.76. The van der Waals surface area contributed by atoms with Gasteiger partial charge >= 0.3 is 6.61 Å². The number of alkyl halides is 4. The number of pyridine rings is 1. The Kier molecular flexibility index (Phi) is 4.92. The van der Waals surface area contributed by atoms with E-state index < -0.39 is 18.9 Å². The lowest BCUT2D eigenvalue weighted by molar-refractivity contribution is -0.0500. The third-order valence-electron chi connectivity index (χ3n) is 3.28. The number of ether oxygens (including phenoxy) is 1. The summed E-state index contributed by atoms with van der Waals surface area (Å²) in [5.41, 5.74) is 0.895. The van der Waals surface area contributed by atoms with E-state index in [9.17, 15) is 17.6 Å². The number of rotatable bonds is 6. The van der Waals surface area contributed by atoms with Crippen molar-refractivity contribution in [3.05, 3.63) is 54.1 Å². The van der Waals surface area contributed by atoms with E-state index in [2.05, 4.69) is 25.0 Å². The van der Waals surface area contributed by atoms with Gasteiger partial charge < -0.3 is 10.1 Å². The van der Waals surface area contributed by atoms with Gasteiger partial charge in [0.2, 0.25) is 0 Å². The average molecular weight is 352 g/mol. The zero-order chi connectivity index (χ0) is 17.8. The maximum Gasteiger partial charge on any atom is 0.387 e. The van der Waals surface area contributed by atoms with Gasteiger partial charge in [-0.25, -0.2) is 18.7 Å². The molecule has 0 atom stereocenters. The van der Waals surface area contributed by atoms with Crippen molar-refractivity contribution in [1.82, 2.24) is 15.0 Å². The van der Waals surface area contributed by atoms with Crippen LogP contribution in [0.2, 0.25) is 0 Å². The van der Waals surface area contributed by atoms with Crippen LogP contribution in [0, 0.1) is 0 Å². The highest BCUT2D eigenvalue weighted by Crippen LogP contribution is 2.24. The van der Waals surface area contributed by atoms with Crippen LogP contribution in [0.25, 0.3) is 10.9 Å². The van der Waals surface area contributed by atoms with Crippen molar-refractivity contribution in [3.8, 4) is 5.75 Å². The lowest BCUT2D eigenvalue weighted by atomic mass is 10.2. The molecule has 0 radical (unpaired) electrons. The Balaban J connectivity index is 1.80. The van der Waals surface area contributed by atoms with Crippen molar-refractivity contribution in [2.75, 3.05) is 5.32 Å². The van der Waals surface area contributed by atoms with Crippen molar-refractivity contribution in [2.45, 2.75) is 19.6 Å². The molecule has 0 amide bonds. The normalized spacial score (nSPS) is 11.3. The highest BCUT2D eigenvalue weighted by Gasteiger charge is 2.15. The summed E-state index contributed by atoms with van der Waals surface area (Å²) >= 11 is 0. The summed E-state index contributed by atoms with van der Waals surface area (Å²) in [5.74, 6) is -0.392. The quantitative estimate of drug-likeness (QED) is 0.675. The molecule has 0 saturated carbocycles. The SMILES string of the molecule is FC(F)Oc1ccc(CNc2nc(C(F)F)nc3ccccc23)nc1. The number of halogens is 4. The van der Waals surface area contributed by atoms with E-state index in [-0.39, 0.29) is 18.1 Å². The van der Waals surface area contributed by atoms with Crippen LogP contribution < -0.4 is 10.1 Å². The Morgan fingerprint density at radius 2 is 1.80 bits per heavy atom. The van der Waals surface area contributed by atoms with E-state index in [0.29, 0.717) is 16.6 Å². The number of nitrogens with one attached hydrogen (secondary N) is 1. The average Bonchev–Trinajstić information content (AvgIpc) is 2.60. The third kappa shape index (κ3) is 4.11. The minimum absolute atomic E-state index is 0.0637. The smallest absolute Gasteiger partial charge is 0.387 e. The van der Waals surface area contributed by atoms with Gasteiger partial charge in [-0.1, -0.05) is 12.1 Å². The number of fused-ring (bicyclic) bond motifs is 1. The molecule has 0 fully saturated rings. The summed E-state index contributed by atoms with van der Waals surface area (Å²) in [4.78, 5) is 11.6. The molecule has 0 aliphatic carbocycles. The third-order valence-corrected chi connectivity index (χ3v) is 3.28. The molecule has 130 valence electrons. The maximum absolute atomic E-state index is 12.9. The fraction of sp³-hybridized carbons (Fsp3) is 0.188. The summed E-state index contributed by atoms with van der Waals surface area (Å²) in [5, 5.41) is 3.51. The van der Waals surface area contributed by atoms with Gasteiger partial charge in [0.1, 0.15) is 11.6 Å². The molecule has 0 spiro atoms. The number of anilines is 1. The van der Waals surface area contributed by atoms with Crippen LogP contribution in [0.5, 0.6) is 5.75 Å². The first-order valence-corrected chi connectivity index (χ1v) is 7.21. The van der Waals surface area contributed by atoms with E-state index in [4.69, 9.17) is 0 Å². The molecule has 2 heterocycles. The first-order chi connectivity index (χ1) is 12.0. The number of hydrogen-bond donors (Lipinski definition) is 1. The molecule has 9 heteroatoms. The van der Waals surface area contributed by atoms with Gasteiger partial charge in [-0.05, 0) is 24.3 Å². The minimum atomic E-state index is -2.93. The molecule has 0 unspecified atom stereocenters. The van der Waals surface area contributed by atoms with Gasteiger partial charge in [0.15, 0.2) is 5.82 Å². The molecule has 0 bridgehead atoms. The molecular weight excluding hydrogens is 340 g/mol. The second-order valence-electron chi connectivity index (χ2n) is 4.97. The van der Waals surface area contributed by atoms with Crippen LogP contribution in [-0.2, 0) is 6.54 Å². The molecule has 2 aromatic heterocycles. The summed E-state index contributed by atoms with van der Waals surface area (Å²) in [6.07, 6.45) is -1.64. The molecule has 25 heavy (non-hydrogen) atoms. The van der Waals surface area contributed by atoms with E-state index in [1.54, 1.807) is 24.3 Å². The van der Waals surface area contributed by atoms with Crippen molar-refractivity contribution in [1.29, 1.82) is 0 Å². The lowest BCUT2D eigenvalue weighted by Crippen LogP contribution is -2.07. The van der Waals surface area contributed by atoms with E-state index in [1.807, 2.05) is 0 Å². The molecule has 5 nitrogen and oxygen atoms in total. The highest BCUT2D eigenvalue weighted by molar-refractivity contribution is 5.88. The molecule has 0 aliphatic heterocycles. The molecule has 1 N–H and O–H groups in total. The molecule has 1 aromatic carbocycles. The fourth-order valence-corrected chi connectivity index (χ4v) is 2.19. The molecular formula is C16H12F4N4O. The largest absolute Gasteiger partial charge is 0.433 e. The first kappa shape index (κ1) is 16.9. The van der Waals surface area contributed by atoms with Gasteiger partial charge in [0.05, 0.1) is 24.0 Å². The van der Waals surface area contributed by atoms with Gasteiger partial charge in [0, 0.05) is 5.39 Å². The van der Waals surface area contributed by atoms with Crippen LogP contribution >= 0.6 is 0 Å². The lowest BCUT2D eigenvalue weighted by Gasteiger charge is -2.11. The zero-order valence-electron chi connectivity index (χ0n) is 12.7. The predicted molar refractivity (Wildman–Crippen MR) is 82.7 cm³/mol. The predicted octanol–water partition coefficient (Wildman–Crippen LogP) is 4.18. The van der Waals surface area contributed by atoms with Gasteiger partial charge in [0.25, 0.3) is 6.43 Å². The Morgan fingerprint density at radius 3 is 2.48 bits per heavy atom. The van der Waals surface area contributed by atoms with Crippen molar-refractivity contribution in [2.24, 2.45) is 0 Å². The number of hydrogen-bond acceptors (Lipinski definition) is 5. The van der Waals surface area contributed by atoms with Crippen LogP contribution in [-0.4, -0.2) is 21.6 Å². The van der Waals surface area contributed by atoms with Gasteiger partial charge in [-0.2, -0.15) is 8.78 Å². The number of nitrogens with zero attached hydrogens (tertiary/aromatic N) is 3. The monoisotopic (exact) mass is 352 g/mol. The summed E-state index contributed by atoms with van der Waals surface area (Å²) in [7, 11) is 0. The first-order valence-electron chi connectivity index (χ1n) is 7.21. The van der Waals surface area contributed by atoms with E-state index in [0.717, 1.165) is 6.20 Å². The maximum atomic E-state index is 12.9. The van der Waals surface area contributed by atoms with Crippen molar-refractivity contribution < 1.29 is 22.3 Å². The Morgan fingerprint density at radius 1 is 1.00 bits per heavy atom. The van der Waals surface area contributed by atoms with Crippen LogP contribution in [0.15, 0.2) is 42.6 Å². The van der Waals surface area contributed by atoms with Crippen molar-refractivity contribution in [3.63, 3.8) is 0 Å². The van der Waals surface area contributed by atoms with Crippen LogP contribution in [0.3, 0.4) is 0 Å². The summed E-state index contributed by atoms with van der Waals surface area (Å²) < 4.78 is 54.3. The highest BCUT2D eigenvalue weighted by atomic mass is 19.3. The molecule has 0 saturated heterocycles. The van der Waals surface area contributed by atoms with E-state index >= 15 is 0 Å². The Labute approximate surface area is 139 Å².